The molecule has 112 valence electrons. The van der Waals surface area contributed by atoms with E-state index in [2.05, 4.69) is 9.55 Å². The highest BCUT2D eigenvalue weighted by Gasteiger charge is 2.37. The number of rotatable bonds is 2. The summed E-state index contributed by atoms with van der Waals surface area (Å²) < 4.78 is 2.08. The van der Waals surface area contributed by atoms with Gasteiger partial charge in [0.15, 0.2) is 0 Å². The van der Waals surface area contributed by atoms with Crippen LogP contribution < -0.4 is 0 Å². The molecule has 0 atom stereocenters. The van der Waals surface area contributed by atoms with E-state index in [9.17, 15) is 9.59 Å². The van der Waals surface area contributed by atoms with E-state index in [1.54, 1.807) is 4.90 Å². The van der Waals surface area contributed by atoms with Crippen LogP contribution in [-0.4, -0.2) is 56.8 Å². The summed E-state index contributed by atoms with van der Waals surface area (Å²) in [5, 5.41) is 0. The summed E-state index contributed by atoms with van der Waals surface area (Å²) in [5.41, 5.74) is 0.500. The van der Waals surface area contributed by atoms with E-state index in [4.69, 9.17) is 0 Å². The Hall–Kier alpha value is -1.85. The summed E-state index contributed by atoms with van der Waals surface area (Å²) in [5.74, 6) is 0.995. The van der Waals surface area contributed by atoms with Crippen molar-refractivity contribution in [2.24, 2.45) is 0 Å². The van der Waals surface area contributed by atoms with E-state index < -0.39 is 0 Å². The second-order valence-electron chi connectivity index (χ2n) is 6.24. The van der Waals surface area contributed by atoms with Gasteiger partial charge in [0.05, 0.1) is 0 Å². The van der Waals surface area contributed by atoms with Gasteiger partial charge in [-0.05, 0) is 25.7 Å². The highest BCUT2D eigenvalue weighted by Crippen LogP contribution is 2.28. The van der Waals surface area contributed by atoms with Crippen LogP contribution in [0.3, 0.4) is 0 Å². The topological polar surface area (TPSA) is 58.4 Å². The average molecular weight is 288 g/mol. The number of piperazine rings is 1. The fourth-order valence-corrected chi connectivity index (χ4v) is 3.31. The van der Waals surface area contributed by atoms with E-state index in [0.717, 1.165) is 44.5 Å². The molecule has 2 amide bonds. The summed E-state index contributed by atoms with van der Waals surface area (Å²) in [7, 11) is 0. The molecule has 3 heterocycles. The molecule has 3 aliphatic rings. The van der Waals surface area contributed by atoms with Crippen LogP contribution in [-0.2, 0) is 17.8 Å². The van der Waals surface area contributed by atoms with Crippen LogP contribution in [0.15, 0.2) is 6.20 Å². The zero-order valence-corrected chi connectivity index (χ0v) is 12.1. The Labute approximate surface area is 123 Å². The minimum atomic E-state index is -0.0966. The highest BCUT2D eigenvalue weighted by atomic mass is 16.2. The van der Waals surface area contributed by atoms with Crippen molar-refractivity contribution in [3.63, 3.8) is 0 Å². The Morgan fingerprint density at radius 2 is 2.05 bits per heavy atom. The van der Waals surface area contributed by atoms with Crippen LogP contribution in [0.4, 0.5) is 0 Å². The van der Waals surface area contributed by atoms with Gasteiger partial charge in [0.25, 0.3) is 5.91 Å². The molecule has 21 heavy (non-hydrogen) atoms. The molecule has 1 aliphatic carbocycles. The third-order valence-corrected chi connectivity index (χ3v) is 4.66. The molecule has 0 bridgehead atoms. The number of aromatic nitrogens is 2. The minimum absolute atomic E-state index is 0.0843. The fraction of sp³-hybridized carbons (Fsp3) is 0.667. The van der Waals surface area contributed by atoms with Gasteiger partial charge < -0.3 is 14.4 Å². The second kappa shape index (κ2) is 4.86. The van der Waals surface area contributed by atoms with Gasteiger partial charge in [-0.25, -0.2) is 4.98 Å². The zero-order valence-electron chi connectivity index (χ0n) is 12.1. The van der Waals surface area contributed by atoms with Crippen molar-refractivity contribution in [2.45, 2.75) is 44.7 Å². The number of amides is 2. The first-order chi connectivity index (χ1) is 10.2. The first-order valence-corrected chi connectivity index (χ1v) is 7.87. The molecule has 0 radical (unpaired) electrons. The first-order valence-electron chi connectivity index (χ1n) is 7.87. The number of hydrogen-bond acceptors (Lipinski definition) is 3. The SMILES string of the molecule is O=C(c1cn2c(n1)CCCC2)N1CCN(C2CC2)C(=O)C1. The van der Waals surface area contributed by atoms with E-state index in [1.165, 1.54) is 0 Å². The van der Waals surface area contributed by atoms with Gasteiger partial charge in [0.2, 0.25) is 5.91 Å². The quantitative estimate of drug-likeness (QED) is 0.803. The third kappa shape index (κ3) is 2.32. The number of carbonyl (C=O) groups excluding carboxylic acids is 2. The summed E-state index contributed by atoms with van der Waals surface area (Å²) in [4.78, 5) is 32.7. The minimum Gasteiger partial charge on any atom is -0.336 e. The molecule has 4 rings (SSSR count). The Morgan fingerprint density at radius 3 is 2.76 bits per heavy atom. The van der Waals surface area contributed by atoms with E-state index >= 15 is 0 Å². The Morgan fingerprint density at radius 1 is 1.19 bits per heavy atom. The van der Waals surface area contributed by atoms with Crippen molar-refractivity contribution < 1.29 is 9.59 Å². The number of imidazole rings is 1. The monoisotopic (exact) mass is 288 g/mol. The van der Waals surface area contributed by atoms with E-state index in [1.807, 2.05) is 11.1 Å². The maximum absolute atomic E-state index is 12.5. The van der Waals surface area contributed by atoms with Gasteiger partial charge in [0, 0.05) is 38.3 Å². The molecule has 2 aliphatic heterocycles. The predicted molar refractivity (Wildman–Crippen MR) is 75.8 cm³/mol. The molecule has 6 nitrogen and oxygen atoms in total. The summed E-state index contributed by atoms with van der Waals surface area (Å²) >= 11 is 0. The highest BCUT2D eigenvalue weighted by molar-refractivity contribution is 5.95. The normalized spacial score (nSPS) is 22.4. The van der Waals surface area contributed by atoms with Gasteiger partial charge in [-0.15, -0.1) is 0 Å². The molecule has 6 heteroatoms. The molecule has 1 aromatic heterocycles. The maximum atomic E-state index is 12.5. The maximum Gasteiger partial charge on any atom is 0.274 e. The van der Waals surface area contributed by atoms with Crippen LogP contribution >= 0.6 is 0 Å². The lowest BCUT2D eigenvalue weighted by Gasteiger charge is -2.34. The van der Waals surface area contributed by atoms with Crippen LogP contribution in [0, 0.1) is 0 Å². The molecule has 1 saturated heterocycles. The van der Waals surface area contributed by atoms with Crippen molar-refractivity contribution >= 4 is 11.8 Å². The average Bonchev–Trinajstić information content (AvgIpc) is 3.24. The first kappa shape index (κ1) is 12.9. The van der Waals surface area contributed by atoms with Gasteiger partial charge in [-0.1, -0.05) is 0 Å². The molecule has 1 aromatic rings. The summed E-state index contributed by atoms with van der Waals surface area (Å²) in [6.45, 7) is 2.45. The summed E-state index contributed by atoms with van der Waals surface area (Å²) in [6, 6.07) is 0.440. The molecule has 0 N–H and O–H groups in total. The van der Waals surface area contributed by atoms with Crippen LogP contribution in [0.25, 0.3) is 0 Å². The van der Waals surface area contributed by atoms with Crippen LogP contribution in [0.5, 0.6) is 0 Å². The molecule has 2 fully saturated rings. The lowest BCUT2D eigenvalue weighted by Crippen LogP contribution is -2.53. The zero-order chi connectivity index (χ0) is 14.4. The molecule has 0 spiro atoms. The van der Waals surface area contributed by atoms with E-state index in [-0.39, 0.29) is 18.4 Å². The smallest absolute Gasteiger partial charge is 0.274 e. The van der Waals surface area contributed by atoms with Crippen molar-refractivity contribution in [1.82, 2.24) is 19.4 Å². The molecule has 0 unspecified atom stereocenters. The largest absolute Gasteiger partial charge is 0.336 e. The van der Waals surface area contributed by atoms with Crippen LogP contribution in [0.2, 0.25) is 0 Å². The summed E-state index contributed by atoms with van der Waals surface area (Å²) in [6.07, 6.45) is 7.33. The second-order valence-corrected chi connectivity index (χ2v) is 6.24. The molecule has 1 saturated carbocycles. The van der Waals surface area contributed by atoms with E-state index in [0.29, 0.717) is 24.8 Å². The molecular formula is C15H20N4O2. The number of carbonyl (C=O) groups is 2. The van der Waals surface area contributed by atoms with Gasteiger partial charge in [-0.3, -0.25) is 9.59 Å². The standard InChI is InChI=1S/C15H20N4O2/c20-14-10-18(7-8-19(14)11-4-5-11)15(21)12-9-17-6-2-1-3-13(17)16-12/h9,11H,1-8,10H2. The van der Waals surface area contributed by atoms with Crippen molar-refractivity contribution in [1.29, 1.82) is 0 Å². The van der Waals surface area contributed by atoms with Gasteiger partial charge in [-0.2, -0.15) is 0 Å². The predicted octanol–water partition coefficient (Wildman–Crippen LogP) is 0.666. The van der Waals surface area contributed by atoms with Crippen molar-refractivity contribution in [2.75, 3.05) is 19.6 Å². The van der Waals surface area contributed by atoms with Gasteiger partial charge >= 0.3 is 0 Å². The Bertz CT molecular complexity index is 567. The van der Waals surface area contributed by atoms with Gasteiger partial charge in [0.1, 0.15) is 18.1 Å². The lowest BCUT2D eigenvalue weighted by molar-refractivity contribution is -0.135. The van der Waals surface area contributed by atoms with Crippen molar-refractivity contribution in [3.8, 4) is 0 Å². The molecular weight excluding hydrogens is 268 g/mol. The van der Waals surface area contributed by atoms with Crippen molar-refractivity contribution in [3.05, 3.63) is 17.7 Å². The number of nitrogens with zero attached hydrogens (tertiary/aromatic N) is 4. The third-order valence-electron chi connectivity index (χ3n) is 4.66. The number of hydrogen-bond donors (Lipinski definition) is 0. The Kier molecular flexibility index (Phi) is 2.97. The fourth-order valence-electron chi connectivity index (χ4n) is 3.31. The molecule has 0 aromatic carbocycles. The van der Waals surface area contributed by atoms with Crippen LogP contribution in [0.1, 0.15) is 42.0 Å². The number of fused-ring (bicyclic) bond motifs is 1. The Balaban J connectivity index is 1.47. The lowest BCUT2D eigenvalue weighted by atomic mass is 10.2. The number of aryl methyl sites for hydroxylation is 2.